The number of aliphatic hydroxyl groups is 2. The number of nitrogens with one attached hydrogen (secondary N) is 1. The van der Waals surface area contributed by atoms with Crippen molar-refractivity contribution in [3.8, 4) is 11.5 Å². The van der Waals surface area contributed by atoms with Crippen molar-refractivity contribution < 1.29 is 38.5 Å². The van der Waals surface area contributed by atoms with Crippen molar-refractivity contribution in [1.29, 1.82) is 0 Å². The number of rotatable bonds is 21. The Morgan fingerprint density at radius 1 is 1.08 bits per heavy atom. The molecule has 0 aromatic heterocycles. The molecular formula is C37H50FIN2O7. The molecule has 1 aliphatic carbocycles. The summed E-state index contributed by atoms with van der Waals surface area (Å²) < 4.78 is 26.4. The second-order valence-electron chi connectivity index (χ2n) is 12.2. The number of aldehydes is 1. The zero-order chi connectivity index (χ0) is 34.9. The van der Waals surface area contributed by atoms with Gasteiger partial charge in [0.15, 0.2) is 11.5 Å². The zero-order valence-corrected chi connectivity index (χ0v) is 30.3. The summed E-state index contributed by atoms with van der Waals surface area (Å²) in [6.45, 7) is 2.19. The highest BCUT2D eigenvalue weighted by Crippen LogP contribution is 2.37. The smallest absolute Gasteiger partial charge is 0.247 e. The summed E-state index contributed by atoms with van der Waals surface area (Å²) in [7, 11) is 1.44. The standard InChI is InChI=1S/C37H50FIN2O7/c1-3-4-5-6-7-8-9-10-11-15-34(44)41(18-16-26-13-12-14-29(38)20-26)31-23-28(37(46)40-17-19-42)24-32(35(31)45)48-36-30(39)21-27(25-43)22-33(36)47-2/h12-14,20-22,24-25,31-32,35,42,45H,3-11,15-19,23H2,1-2H3,(H,40,46). The van der Waals surface area contributed by atoms with Gasteiger partial charge in [0.05, 0.1) is 23.3 Å². The first-order chi connectivity index (χ1) is 23.2. The zero-order valence-electron chi connectivity index (χ0n) is 28.1. The molecule has 0 saturated heterocycles. The molecule has 3 N–H and O–H groups in total. The molecule has 264 valence electrons. The third-order valence-corrected chi connectivity index (χ3v) is 9.40. The number of carbonyl (C=O) groups is 3. The van der Waals surface area contributed by atoms with Crippen LogP contribution in [0.15, 0.2) is 48.0 Å². The van der Waals surface area contributed by atoms with Gasteiger partial charge in [0.25, 0.3) is 0 Å². The molecule has 0 heterocycles. The van der Waals surface area contributed by atoms with Crippen molar-refractivity contribution in [3.63, 3.8) is 0 Å². The van der Waals surface area contributed by atoms with E-state index in [1.807, 2.05) is 22.6 Å². The number of unbranched alkanes of at least 4 members (excludes halogenated alkanes) is 8. The van der Waals surface area contributed by atoms with Crippen molar-refractivity contribution in [1.82, 2.24) is 10.2 Å². The quantitative estimate of drug-likeness (QED) is 0.0788. The number of aliphatic hydroxyl groups excluding tert-OH is 2. The third-order valence-electron chi connectivity index (χ3n) is 8.60. The molecule has 1 aliphatic rings. The maximum Gasteiger partial charge on any atom is 0.247 e. The highest BCUT2D eigenvalue weighted by atomic mass is 127. The van der Waals surface area contributed by atoms with Crippen LogP contribution in [-0.4, -0.2) is 78.3 Å². The molecule has 48 heavy (non-hydrogen) atoms. The average Bonchev–Trinajstić information content (AvgIpc) is 3.08. The van der Waals surface area contributed by atoms with Crippen LogP contribution in [-0.2, 0) is 16.0 Å². The topological polar surface area (TPSA) is 125 Å². The maximum atomic E-state index is 14.0. The molecule has 2 amide bonds. The van der Waals surface area contributed by atoms with E-state index in [1.165, 1.54) is 63.5 Å². The number of carbonyl (C=O) groups excluding carboxylic acids is 3. The predicted octanol–water partition coefficient (Wildman–Crippen LogP) is 6.16. The van der Waals surface area contributed by atoms with Gasteiger partial charge in [0.1, 0.15) is 24.3 Å². The van der Waals surface area contributed by atoms with Crippen molar-refractivity contribution in [2.75, 3.05) is 26.8 Å². The van der Waals surface area contributed by atoms with E-state index in [1.54, 1.807) is 23.1 Å². The van der Waals surface area contributed by atoms with Crippen molar-refractivity contribution >= 4 is 40.7 Å². The molecule has 0 bridgehead atoms. The summed E-state index contributed by atoms with van der Waals surface area (Å²) in [5, 5.41) is 23.8. The van der Waals surface area contributed by atoms with Gasteiger partial charge in [-0.2, -0.15) is 0 Å². The number of nitrogens with zero attached hydrogens (tertiary/aromatic N) is 1. The van der Waals surface area contributed by atoms with Gasteiger partial charge in [-0.05, 0) is 71.3 Å². The number of benzene rings is 2. The van der Waals surface area contributed by atoms with E-state index < -0.39 is 24.2 Å². The Hall–Kier alpha value is -3.03. The van der Waals surface area contributed by atoms with Crippen LogP contribution in [0.2, 0.25) is 0 Å². The molecular weight excluding hydrogens is 730 g/mol. The largest absolute Gasteiger partial charge is 0.493 e. The second-order valence-corrected chi connectivity index (χ2v) is 13.4. The van der Waals surface area contributed by atoms with Crippen LogP contribution >= 0.6 is 22.6 Å². The lowest BCUT2D eigenvalue weighted by Crippen LogP contribution is -2.55. The summed E-state index contributed by atoms with van der Waals surface area (Å²) in [6, 6.07) is 8.52. The van der Waals surface area contributed by atoms with Crippen LogP contribution in [0.1, 0.15) is 93.5 Å². The summed E-state index contributed by atoms with van der Waals surface area (Å²) in [5.74, 6) is -0.406. The molecule has 3 atom stereocenters. The Morgan fingerprint density at radius 3 is 2.44 bits per heavy atom. The van der Waals surface area contributed by atoms with Gasteiger partial charge in [0.2, 0.25) is 11.8 Å². The van der Waals surface area contributed by atoms with Crippen LogP contribution in [0.25, 0.3) is 0 Å². The van der Waals surface area contributed by atoms with Crippen LogP contribution in [0.4, 0.5) is 4.39 Å². The van der Waals surface area contributed by atoms with Crippen LogP contribution in [0, 0.1) is 9.39 Å². The predicted molar refractivity (Wildman–Crippen MR) is 192 cm³/mol. The number of hydrogen-bond donors (Lipinski definition) is 3. The highest BCUT2D eigenvalue weighted by Gasteiger charge is 2.40. The van der Waals surface area contributed by atoms with Crippen LogP contribution in [0.3, 0.4) is 0 Å². The van der Waals surface area contributed by atoms with Crippen molar-refractivity contribution in [2.24, 2.45) is 0 Å². The summed E-state index contributed by atoms with van der Waals surface area (Å²) in [6.07, 6.45) is 10.6. The molecule has 3 rings (SSSR count). The van der Waals surface area contributed by atoms with E-state index in [2.05, 4.69) is 12.2 Å². The first-order valence-electron chi connectivity index (χ1n) is 17.0. The summed E-state index contributed by atoms with van der Waals surface area (Å²) in [4.78, 5) is 40.2. The Bertz CT molecular complexity index is 1370. The van der Waals surface area contributed by atoms with E-state index in [-0.39, 0.29) is 55.8 Å². The SMILES string of the molecule is CCCCCCCCCCCC(=O)N(CCc1cccc(F)c1)C1CC(C(=O)NCCO)=CC(Oc2c(I)cc(C=O)cc2OC)C1O. The van der Waals surface area contributed by atoms with Gasteiger partial charge in [-0.1, -0.05) is 70.4 Å². The van der Waals surface area contributed by atoms with Crippen LogP contribution in [0.5, 0.6) is 11.5 Å². The molecule has 3 unspecified atom stereocenters. The first kappa shape index (κ1) is 39.4. The van der Waals surface area contributed by atoms with E-state index in [4.69, 9.17) is 9.47 Å². The lowest BCUT2D eigenvalue weighted by Gasteiger charge is -2.41. The van der Waals surface area contributed by atoms with Crippen LogP contribution < -0.4 is 14.8 Å². The minimum Gasteiger partial charge on any atom is -0.493 e. The fraction of sp³-hybridized carbons (Fsp3) is 0.541. The highest BCUT2D eigenvalue weighted by molar-refractivity contribution is 14.1. The molecule has 9 nitrogen and oxygen atoms in total. The number of halogens is 2. The second kappa shape index (κ2) is 21.1. The molecule has 0 saturated carbocycles. The third kappa shape index (κ3) is 12.1. The van der Waals surface area contributed by atoms with E-state index in [9.17, 15) is 29.0 Å². The molecule has 0 radical (unpaired) electrons. The molecule has 0 fully saturated rings. The molecule has 0 aliphatic heterocycles. The molecule has 2 aromatic rings. The lowest BCUT2D eigenvalue weighted by atomic mass is 9.87. The Balaban J connectivity index is 1.86. The minimum absolute atomic E-state index is 0.0363. The Labute approximate surface area is 297 Å². The van der Waals surface area contributed by atoms with Gasteiger partial charge in [-0.15, -0.1) is 0 Å². The summed E-state index contributed by atoms with van der Waals surface area (Å²) >= 11 is 2.01. The van der Waals surface area contributed by atoms with Gasteiger partial charge in [-0.3, -0.25) is 14.4 Å². The minimum atomic E-state index is -1.23. The number of ether oxygens (including phenoxy) is 2. The van der Waals surface area contributed by atoms with Gasteiger partial charge >= 0.3 is 0 Å². The average molecular weight is 781 g/mol. The van der Waals surface area contributed by atoms with E-state index in [0.717, 1.165) is 19.3 Å². The fourth-order valence-electron chi connectivity index (χ4n) is 5.99. The normalized spacial score (nSPS) is 17.4. The van der Waals surface area contributed by atoms with Gasteiger partial charge < -0.3 is 29.9 Å². The Morgan fingerprint density at radius 2 is 1.79 bits per heavy atom. The Kier molecular flexibility index (Phi) is 17.4. The van der Waals surface area contributed by atoms with Gasteiger partial charge in [0, 0.05) is 37.1 Å². The number of methoxy groups -OCH3 is 1. The fourth-order valence-corrected chi connectivity index (χ4v) is 6.74. The maximum absolute atomic E-state index is 14.0. The number of amides is 2. The lowest BCUT2D eigenvalue weighted by molar-refractivity contribution is -0.138. The van der Waals surface area contributed by atoms with Crippen molar-refractivity contribution in [3.05, 3.63) is 68.6 Å². The monoisotopic (exact) mass is 780 g/mol. The van der Waals surface area contributed by atoms with Gasteiger partial charge in [-0.25, -0.2) is 4.39 Å². The summed E-state index contributed by atoms with van der Waals surface area (Å²) in [5.41, 5.74) is 1.39. The first-order valence-corrected chi connectivity index (χ1v) is 18.1. The van der Waals surface area contributed by atoms with Crippen molar-refractivity contribution in [2.45, 2.75) is 102 Å². The van der Waals surface area contributed by atoms with E-state index in [0.29, 0.717) is 39.4 Å². The van der Waals surface area contributed by atoms with E-state index >= 15 is 0 Å². The molecule has 0 spiro atoms. The number of hydrogen-bond acceptors (Lipinski definition) is 7. The molecule has 11 heteroatoms. The molecule has 2 aromatic carbocycles.